The summed E-state index contributed by atoms with van der Waals surface area (Å²) >= 11 is 3.50. The molecule has 0 radical (unpaired) electrons. The summed E-state index contributed by atoms with van der Waals surface area (Å²) in [5, 5.41) is 12.8. The van der Waals surface area contributed by atoms with Crippen molar-refractivity contribution in [3.8, 4) is 11.5 Å². The lowest BCUT2D eigenvalue weighted by Gasteiger charge is -2.22. The zero-order chi connectivity index (χ0) is 13.7. The topological polar surface area (TPSA) is 50.7 Å². The highest BCUT2D eigenvalue weighted by Gasteiger charge is 2.18. The maximum absolute atomic E-state index is 9.49. The second-order valence-electron chi connectivity index (χ2n) is 4.29. The van der Waals surface area contributed by atoms with E-state index in [0.29, 0.717) is 11.5 Å². The first-order chi connectivity index (χ1) is 8.53. The van der Waals surface area contributed by atoms with Gasteiger partial charge in [-0.05, 0) is 17.7 Å². The summed E-state index contributed by atoms with van der Waals surface area (Å²) in [4.78, 5) is 0. The lowest BCUT2D eigenvalue weighted by Crippen LogP contribution is -2.30. The van der Waals surface area contributed by atoms with Gasteiger partial charge in [0.05, 0.1) is 26.9 Å². The van der Waals surface area contributed by atoms with Crippen LogP contribution < -0.4 is 14.8 Å². The Kier molecular flexibility index (Phi) is 5.91. The number of nitrogens with one attached hydrogen (secondary N) is 1. The number of hydrogen-bond acceptors (Lipinski definition) is 4. The van der Waals surface area contributed by atoms with E-state index in [2.05, 4.69) is 21.2 Å². The summed E-state index contributed by atoms with van der Waals surface area (Å²) in [6, 6.07) is 3.86. The first-order valence-electron chi connectivity index (χ1n) is 5.81. The molecule has 1 aromatic carbocycles. The Bertz CT molecular complexity index is 396. The van der Waals surface area contributed by atoms with E-state index in [9.17, 15) is 5.11 Å². The highest BCUT2D eigenvalue weighted by atomic mass is 79.9. The van der Waals surface area contributed by atoms with Crippen LogP contribution in [0.4, 0.5) is 0 Å². The van der Waals surface area contributed by atoms with Crippen molar-refractivity contribution in [3.63, 3.8) is 0 Å². The van der Waals surface area contributed by atoms with Gasteiger partial charge in [0.25, 0.3) is 0 Å². The summed E-state index contributed by atoms with van der Waals surface area (Å²) < 4.78 is 11.4. The van der Waals surface area contributed by atoms with Gasteiger partial charge in [0.15, 0.2) is 11.5 Å². The maximum Gasteiger partial charge on any atom is 0.161 e. The minimum atomic E-state index is -0.140. The summed E-state index contributed by atoms with van der Waals surface area (Å²) in [5.74, 6) is 1.31. The molecular weight excluding hydrogens is 298 g/mol. The molecule has 0 aliphatic rings. The SMILES string of the molecule is COc1cc(Br)c(C(CO)NC(C)C)cc1OC. The van der Waals surface area contributed by atoms with Gasteiger partial charge in [0.1, 0.15) is 0 Å². The fourth-order valence-corrected chi connectivity index (χ4v) is 2.38. The number of aliphatic hydroxyl groups is 1. The number of ether oxygens (including phenoxy) is 2. The Morgan fingerprint density at radius 1 is 1.22 bits per heavy atom. The van der Waals surface area contributed by atoms with E-state index in [1.807, 2.05) is 26.0 Å². The average molecular weight is 318 g/mol. The second kappa shape index (κ2) is 6.97. The minimum absolute atomic E-state index is 0.0201. The van der Waals surface area contributed by atoms with Gasteiger partial charge in [0, 0.05) is 10.5 Å². The summed E-state index contributed by atoms with van der Waals surface area (Å²) in [6.45, 7) is 4.10. The molecule has 1 rings (SSSR count). The quantitative estimate of drug-likeness (QED) is 0.846. The summed E-state index contributed by atoms with van der Waals surface area (Å²) in [5.41, 5.74) is 0.948. The van der Waals surface area contributed by atoms with Crippen LogP contribution in [0.5, 0.6) is 11.5 Å². The Morgan fingerprint density at radius 3 is 2.22 bits per heavy atom. The maximum atomic E-state index is 9.49. The van der Waals surface area contributed by atoms with E-state index in [1.165, 1.54) is 0 Å². The van der Waals surface area contributed by atoms with Crippen LogP contribution in [-0.4, -0.2) is 32.0 Å². The molecule has 2 N–H and O–H groups in total. The number of aliphatic hydroxyl groups excluding tert-OH is 1. The second-order valence-corrected chi connectivity index (χ2v) is 5.14. The third-order valence-electron chi connectivity index (χ3n) is 2.60. The molecule has 0 saturated heterocycles. The molecule has 0 aromatic heterocycles. The van der Waals surface area contributed by atoms with Crippen LogP contribution in [0.2, 0.25) is 0 Å². The van der Waals surface area contributed by atoms with Gasteiger partial charge in [-0.3, -0.25) is 0 Å². The van der Waals surface area contributed by atoms with Crippen molar-refractivity contribution in [3.05, 3.63) is 22.2 Å². The molecule has 1 atom stereocenters. The molecule has 102 valence electrons. The van der Waals surface area contributed by atoms with Crippen molar-refractivity contribution < 1.29 is 14.6 Å². The monoisotopic (exact) mass is 317 g/mol. The van der Waals surface area contributed by atoms with Gasteiger partial charge < -0.3 is 19.9 Å². The smallest absolute Gasteiger partial charge is 0.161 e. The van der Waals surface area contributed by atoms with Gasteiger partial charge in [-0.1, -0.05) is 29.8 Å². The first kappa shape index (κ1) is 15.3. The van der Waals surface area contributed by atoms with Crippen molar-refractivity contribution in [2.45, 2.75) is 25.9 Å². The van der Waals surface area contributed by atoms with E-state index in [0.717, 1.165) is 10.0 Å². The van der Waals surface area contributed by atoms with E-state index < -0.39 is 0 Å². The molecule has 0 spiro atoms. The number of methoxy groups -OCH3 is 2. The van der Waals surface area contributed by atoms with E-state index >= 15 is 0 Å². The summed E-state index contributed by atoms with van der Waals surface area (Å²) in [6.07, 6.45) is 0. The Hall–Kier alpha value is -0.780. The molecule has 0 saturated carbocycles. The molecule has 1 unspecified atom stereocenters. The molecule has 0 fully saturated rings. The lowest BCUT2D eigenvalue weighted by molar-refractivity contribution is 0.236. The van der Waals surface area contributed by atoms with Crippen LogP contribution >= 0.6 is 15.9 Å². The standard InChI is InChI=1S/C13H20BrNO3/c1-8(2)15-11(7-16)9-5-12(17-3)13(18-4)6-10(9)14/h5-6,8,11,15-16H,7H2,1-4H3. The molecule has 18 heavy (non-hydrogen) atoms. The summed E-state index contributed by atoms with van der Waals surface area (Å²) in [7, 11) is 3.19. The van der Waals surface area contributed by atoms with Crippen molar-refractivity contribution >= 4 is 15.9 Å². The van der Waals surface area contributed by atoms with Gasteiger partial charge in [-0.25, -0.2) is 0 Å². The fraction of sp³-hybridized carbons (Fsp3) is 0.538. The largest absolute Gasteiger partial charge is 0.493 e. The van der Waals surface area contributed by atoms with Crippen molar-refractivity contribution in [1.82, 2.24) is 5.32 Å². The highest BCUT2D eigenvalue weighted by molar-refractivity contribution is 9.10. The molecule has 0 bridgehead atoms. The number of halogens is 1. The zero-order valence-corrected chi connectivity index (χ0v) is 12.7. The Labute approximate surface area is 116 Å². The molecular formula is C13H20BrNO3. The molecule has 1 aromatic rings. The van der Waals surface area contributed by atoms with Crippen LogP contribution in [-0.2, 0) is 0 Å². The molecule has 5 heteroatoms. The zero-order valence-electron chi connectivity index (χ0n) is 11.2. The molecule has 0 amide bonds. The van der Waals surface area contributed by atoms with Gasteiger partial charge in [-0.15, -0.1) is 0 Å². The fourth-order valence-electron chi connectivity index (χ4n) is 1.78. The van der Waals surface area contributed by atoms with Crippen molar-refractivity contribution in [1.29, 1.82) is 0 Å². The predicted molar refractivity (Wildman–Crippen MR) is 75.3 cm³/mol. The van der Waals surface area contributed by atoms with Crippen LogP contribution in [0, 0.1) is 0 Å². The van der Waals surface area contributed by atoms with Gasteiger partial charge in [0.2, 0.25) is 0 Å². The predicted octanol–water partition coefficient (Wildman–Crippen LogP) is 2.50. The number of rotatable bonds is 6. The van der Waals surface area contributed by atoms with Gasteiger partial charge >= 0.3 is 0 Å². The van der Waals surface area contributed by atoms with Crippen molar-refractivity contribution in [2.24, 2.45) is 0 Å². The average Bonchev–Trinajstić information content (AvgIpc) is 2.35. The molecule has 4 nitrogen and oxygen atoms in total. The van der Waals surface area contributed by atoms with E-state index in [-0.39, 0.29) is 18.7 Å². The number of benzene rings is 1. The minimum Gasteiger partial charge on any atom is -0.493 e. The van der Waals surface area contributed by atoms with Crippen LogP contribution in [0.25, 0.3) is 0 Å². The molecule has 0 aliphatic heterocycles. The number of hydrogen-bond donors (Lipinski definition) is 2. The third-order valence-corrected chi connectivity index (χ3v) is 3.28. The molecule has 0 heterocycles. The van der Waals surface area contributed by atoms with Crippen LogP contribution in [0.3, 0.4) is 0 Å². The normalized spacial score (nSPS) is 12.6. The van der Waals surface area contributed by atoms with Crippen molar-refractivity contribution in [2.75, 3.05) is 20.8 Å². The van der Waals surface area contributed by atoms with Crippen LogP contribution in [0.1, 0.15) is 25.5 Å². The lowest BCUT2D eigenvalue weighted by atomic mass is 10.1. The van der Waals surface area contributed by atoms with Crippen LogP contribution in [0.15, 0.2) is 16.6 Å². The van der Waals surface area contributed by atoms with Gasteiger partial charge in [-0.2, -0.15) is 0 Å². The third kappa shape index (κ3) is 3.60. The Morgan fingerprint density at radius 2 is 1.78 bits per heavy atom. The Balaban J connectivity index is 3.14. The first-order valence-corrected chi connectivity index (χ1v) is 6.61. The molecule has 0 aliphatic carbocycles. The van der Waals surface area contributed by atoms with E-state index in [1.54, 1.807) is 14.2 Å². The highest BCUT2D eigenvalue weighted by Crippen LogP contribution is 2.36. The van der Waals surface area contributed by atoms with E-state index in [4.69, 9.17) is 9.47 Å².